The number of guanidine groups is 1. The number of halogens is 1. The number of hydrogen-bond acceptors (Lipinski definition) is 4. The normalized spacial score (nSPS) is 11.6. The molecule has 1 aromatic heterocycles. The molecule has 0 amide bonds. The maximum atomic E-state index is 13.3. The highest BCUT2D eigenvalue weighted by Crippen LogP contribution is 2.03. The van der Waals surface area contributed by atoms with Crippen LogP contribution in [-0.2, 0) is 24.8 Å². The molecule has 1 aromatic carbocycles. The lowest BCUT2D eigenvalue weighted by atomic mass is 10.1. The van der Waals surface area contributed by atoms with Crippen LogP contribution in [0.5, 0.6) is 0 Å². The van der Waals surface area contributed by atoms with Crippen molar-refractivity contribution < 1.29 is 9.13 Å². The van der Waals surface area contributed by atoms with Crippen LogP contribution in [0.2, 0.25) is 0 Å². The third-order valence-electron chi connectivity index (χ3n) is 3.97. The molecular weight excluding hydrogens is 335 g/mol. The summed E-state index contributed by atoms with van der Waals surface area (Å²) in [6, 6.07) is 6.63. The molecule has 0 fully saturated rings. The average Bonchev–Trinajstić information content (AvgIpc) is 2.94. The maximum absolute atomic E-state index is 13.3. The van der Waals surface area contributed by atoms with Crippen molar-refractivity contribution in [2.45, 2.75) is 26.3 Å². The van der Waals surface area contributed by atoms with E-state index in [0.29, 0.717) is 32.1 Å². The fourth-order valence-corrected chi connectivity index (χ4v) is 2.35. The van der Waals surface area contributed by atoms with Crippen LogP contribution in [0.3, 0.4) is 0 Å². The Balaban J connectivity index is 1.91. The molecule has 0 unspecified atom stereocenters. The first-order valence-corrected chi connectivity index (χ1v) is 8.70. The Bertz CT molecular complexity index is 715. The van der Waals surface area contributed by atoms with E-state index in [2.05, 4.69) is 25.8 Å². The molecule has 1 heterocycles. The Morgan fingerprint density at radius 1 is 1.27 bits per heavy atom. The first-order chi connectivity index (χ1) is 12.6. The summed E-state index contributed by atoms with van der Waals surface area (Å²) in [5.74, 6) is 2.12. The summed E-state index contributed by atoms with van der Waals surface area (Å²) >= 11 is 0. The van der Waals surface area contributed by atoms with Crippen LogP contribution in [0.1, 0.15) is 23.6 Å². The molecule has 0 aliphatic rings. The number of aliphatic imine (C=N–C) groups is 1. The lowest BCUT2D eigenvalue weighted by molar-refractivity contribution is 0.195. The highest BCUT2D eigenvalue weighted by molar-refractivity contribution is 5.79. The number of rotatable bonds is 9. The molecule has 7 nitrogen and oxygen atoms in total. The van der Waals surface area contributed by atoms with E-state index in [1.165, 1.54) is 6.07 Å². The summed E-state index contributed by atoms with van der Waals surface area (Å²) in [5, 5.41) is 14.7. The van der Waals surface area contributed by atoms with Crippen LogP contribution in [0.4, 0.5) is 4.39 Å². The van der Waals surface area contributed by atoms with Gasteiger partial charge in [-0.05, 0) is 37.5 Å². The maximum Gasteiger partial charge on any atom is 0.191 e. The summed E-state index contributed by atoms with van der Waals surface area (Å²) in [7, 11) is 3.60. The fraction of sp³-hybridized carbons (Fsp3) is 0.500. The molecule has 0 bridgehead atoms. The summed E-state index contributed by atoms with van der Waals surface area (Å²) in [4.78, 5) is 4.57. The van der Waals surface area contributed by atoms with E-state index in [1.807, 2.05) is 24.6 Å². The second-order valence-corrected chi connectivity index (χ2v) is 5.97. The zero-order valence-electron chi connectivity index (χ0n) is 15.6. The Morgan fingerprint density at radius 2 is 2.08 bits per heavy atom. The number of hydrogen-bond donors (Lipinski definition) is 2. The smallest absolute Gasteiger partial charge is 0.191 e. The number of methoxy groups -OCH3 is 1. The van der Waals surface area contributed by atoms with Gasteiger partial charge in [-0.3, -0.25) is 0 Å². The topological polar surface area (TPSA) is 76.4 Å². The molecule has 0 atom stereocenters. The van der Waals surface area contributed by atoms with Gasteiger partial charge in [-0.25, -0.2) is 9.38 Å². The van der Waals surface area contributed by atoms with Gasteiger partial charge in [0, 0.05) is 33.9 Å². The number of aromatic nitrogens is 3. The van der Waals surface area contributed by atoms with Crippen molar-refractivity contribution >= 4 is 5.96 Å². The monoisotopic (exact) mass is 362 g/mol. The minimum atomic E-state index is -0.216. The predicted molar refractivity (Wildman–Crippen MR) is 99.5 cm³/mol. The molecule has 0 spiro atoms. The number of nitrogens with zero attached hydrogens (tertiary/aromatic N) is 4. The Labute approximate surface area is 153 Å². The van der Waals surface area contributed by atoms with Gasteiger partial charge in [0.05, 0.1) is 0 Å². The molecule has 0 aliphatic heterocycles. The van der Waals surface area contributed by atoms with Crippen LogP contribution >= 0.6 is 0 Å². The molecule has 2 aromatic rings. The molecule has 26 heavy (non-hydrogen) atoms. The fourth-order valence-electron chi connectivity index (χ4n) is 2.35. The van der Waals surface area contributed by atoms with Crippen LogP contribution in [0.25, 0.3) is 0 Å². The first-order valence-electron chi connectivity index (χ1n) is 8.70. The van der Waals surface area contributed by atoms with Gasteiger partial charge in [-0.2, -0.15) is 0 Å². The van der Waals surface area contributed by atoms with E-state index in [0.717, 1.165) is 30.2 Å². The van der Waals surface area contributed by atoms with Crippen molar-refractivity contribution in [1.29, 1.82) is 0 Å². The van der Waals surface area contributed by atoms with Crippen molar-refractivity contribution in [1.82, 2.24) is 25.4 Å². The second-order valence-electron chi connectivity index (χ2n) is 5.97. The van der Waals surface area contributed by atoms with Crippen molar-refractivity contribution in [2.24, 2.45) is 12.0 Å². The highest BCUT2D eigenvalue weighted by Gasteiger charge is 2.05. The molecule has 0 saturated carbocycles. The van der Waals surface area contributed by atoms with Crippen molar-refractivity contribution in [3.05, 3.63) is 47.3 Å². The number of ether oxygens (including phenoxy) is 1. The Kier molecular flexibility index (Phi) is 8.01. The lowest BCUT2D eigenvalue weighted by Crippen LogP contribution is -2.39. The van der Waals surface area contributed by atoms with E-state index in [9.17, 15) is 4.39 Å². The third-order valence-corrected chi connectivity index (χ3v) is 3.97. The largest absolute Gasteiger partial charge is 0.385 e. The zero-order chi connectivity index (χ0) is 18.8. The van der Waals surface area contributed by atoms with Crippen LogP contribution < -0.4 is 10.6 Å². The van der Waals surface area contributed by atoms with E-state index in [4.69, 9.17) is 4.74 Å². The SMILES string of the molecule is COCCCNC(=NCc1nnc(C)n1C)NCCc1cccc(F)c1. The highest BCUT2D eigenvalue weighted by atomic mass is 19.1. The van der Waals surface area contributed by atoms with Gasteiger partial charge in [0.2, 0.25) is 0 Å². The van der Waals surface area contributed by atoms with E-state index >= 15 is 0 Å². The first kappa shape index (κ1) is 19.8. The van der Waals surface area contributed by atoms with Crippen LogP contribution in [0.15, 0.2) is 29.3 Å². The van der Waals surface area contributed by atoms with Gasteiger partial charge < -0.3 is 19.9 Å². The Morgan fingerprint density at radius 3 is 2.77 bits per heavy atom. The molecule has 0 saturated heterocycles. The molecule has 2 rings (SSSR count). The number of benzene rings is 1. The second kappa shape index (κ2) is 10.5. The standard InChI is InChI=1S/C18H27FN6O/c1-14-23-24-17(25(14)2)13-22-18(20-9-5-11-26-3)21-10-8-15-6-4-7-16(19)12-15/h4,6-7,12H,5,8-11,13H2,1-3H3,(H2,20,21,22). The molecule has 2 N–H and O–H groups in total. The van der Waals surface area contributed by atoms with E-state index < -0.39 is 0 Å². The predicted octanol–water partition coefficient (Wildman–Crippen LogP) is 1.58. The van der Waals surface area contributed by atoms with Crippen molar-refractivity contribution in [3.63, 3.8) is 0 Å². The van der Waals surface area contributed by atoms with Crippen LogP contribution in [-0.4, -0.2) is 47.5 Å². The minimum Gasteiger partial charge on any atom is -0.385 e. The number of aryl methyl sites for hydroxylation is 1. The summed E-state index contributed by atoms with van der Waals surface area (Å²) in [6.07, 6.45) is 1.59. The molecule has 0 aliphatic carbocycles. The van der Waals surface area contributed by atoms with Crippen LogP contribution in [0, 0.1) is 12.7 Å². The van der Waals surface area contributed by atoms with Gasteiger partial charge >= 0.3 is 0 Å². The van der Waals surface area contributed by atoms with Gasteiger partial charge in [0.1, 0.15) is 18.2 Å². The molecule has 0 radical (unpaired) electrons. The third kappa shape index (κ3) is 6.44. The van der Waals surface area contributed by atoms with E-state index in [-0.39, 0.29) is 5.82 Å². The lowest BCUT2D eigenvalue weighted by Gasteiger charge is -2.12. The van der Waals surface area contributed by atoms with Gasteiger partial charge in [0.15, 0.2) is 11.8 Å². The van der Waals surface area contributed by atoms with Crippen molar-refractivity contribution in [3.8, 4) is 0 Å². The van der Waals surface area contributed by atoms with Gasteiger partial charge in [0.25, 0.3) is 0 Å². The molecule has 8 heteroatoms. The van der Waals surface area contributed by atoms with Crippen molar-refractivity contribution in [2.75, 3.05) is 26.8 Å². The summed E-state index contributed by atoms with van der Waals surface area (Å²) in [6.45, 7) is 4.42. The quantitative estimate of drug-likeness (QED) is 0.402. The average molecular weight is 362 g/mol. The zero-order valence-corrected chi connectivity index (χ0v) is 15.6. The molecule has 142 valence electrons. The summed E-state index contributed by atoms with van der Waals surface area (Å²) in [5.41, 5.74) is 0.945. The summed E-state index contributed by atoms with van der Waals surface area (Å²) < 4.78 is 20.2. The number of nitrogens with one attached hydrogen (secondary N) is 2. The molecular formula is C18H27FN6O. The van der Waals surface area contributed by atoms with E-state index in [1.54, 1.807) is 19.2 Å². The Hall–Kier alpha value is -2.48. The minimum absolute atomic E-state index is 0.216. The van der Waals surface area contributed by atoms with Gasteiger partial charge in [-0.15, -0.1) is 10.2 Å². The van der Waals surface area contributed by atoms with Gasteiger partial charge in [-0.1, -0.05) is 12.1 Å².